The fourth-order valence-corrected chi connectivity index (χ4v) is 1.16. The lowest BCUT2D eigenvalue weighted by atomic mass is 9.82. The van der Waals surface area contributed by atoms with Crippen LogP contribution in [0.4, 0.5) is 0 Å². The van der Waals surface area contributed by atoms with E-state index in [1.807, 2.05) is 0 Å². The quantitative estimate of drug-likeness (QED) is 0.421. The van der Waals surface area contributed by atoms with Gasteiger partial charge in [0.1, 0.15) is 0 Å². The molecule has 0 aromatic carbocycles. The highest BCUT2D eigenvalue weighted by Crippen LogP contribution is 2.28. The largest absolute Gasteiger partial charge is 0.480 e. The molecule has 0 aliphatic carbocycles. The molecule has 0 unspecified atom stereocenters. The molecule has 15 heavy (non-hydrogen) atoms. The second-order valence-electron chi connectivity index (χ2n) is 3.01. The molecule has 0 aromatic rings. The van der Waals surface area contributed by atoms with Crippen LogP contribution in [0, 0.1) is 5.41 Å². The average Bonchev–Trinajstić information content (AvgIpc) is 2.19. The second kappa shape index (κ2) is 5.29. The molecule has 1 N–H and O–H groups in total. The Bertz CT molecular complexity index is 288. The first-order valence-corrected chi connectivity index (χ1v) is 4.56. The maximum absolute atomic E-state index is 11.5. The molecule has 0 atom stereocenters. The van der Waals surface area contributed by atoms with Crippen LogP contribution >= 0.6 is 0 Å². The Morgan fingerprint density at radius 3 is 2.07 bits per heavy atom. The number of ether oxygens (including phenoxy) is 1. The standard InChI is InChI=1S/C10H14O5/c1-4-7(11)15-9(14)10(5-2,6-3)8(12)13/h4H,1,5-6H2,2-3H3,(H,12,13). The first kappa shape index (κ1) is 13.4. The third kappa shape index (κ3) is 2.65. The lowest BCUT2D eigenvalue weighted by molar-refractivity contribution is -0.172. The highest BCUT2D eigenvalue weighted by atomic mass is 16.6. The van der Waals surface area contributed by atoms with Crippen molar-refractivity contribution < 1.29 is 24.2 Å². The summed E-state index contributed by atoms with van der Waals surface area (Å²) >= 11 is 0. The Balaban J connectivity index is 4.93. The van der Waals surface area contributed by atoms with Gasteiger partial charge in [-0.15, -0.1) is 0 Å². The number of aliphatic carboxylic acids is 1. The fraction of sp³-hybridized carbons (Fsp3) is 0.500. The molecule has 0 rings (SSSR count). The first-order valence-electron chi connectivity index (χ1n) is 4.56. The van der Waals surface area contributed by atoms with Crippen molar-refractivity contribution in [2.75, 3.05) is 0 Å². The molecule has 0 spiro atoms. The molecule has 0 heterocycles. The number of carbonyl (C=O) groups excluding carboxylic acids is 2. The van der Waals surface area contributed by atoms with Gasteiger partial charge in [-0.1, -0.05) is 20.4 Å². The Hall–Kier alpha value is -1.65. The zero-order valence-electron chi connectivity index (χ0n) is 8.78. The van der Waals surface area contributed by atoms with Crippen molar-refractivity contribution in [2.24, 2.45) is 5.41 Å². The number of hydrogen-bond acceptors (Lipinski definition) is 4. The maximum atomic E-state index is 11.5. The molecule has 0 amide bonds. The van der Waals surface area contributed by atoms with Gasteiger partial charge in [-0.25, -0.2) is 4.79 Å². The van der Waals surface area contributed by atoms with Gasteiger partial charge in [-0.3, -0.25) is 9.59 Å². The normalized spacial score (nSPS) is 10.5. The van der Waals surface area contributed by atoms with E-state index in [2.05, 4.69) is 11.3 Å². The number of rotatable bonds is 5. The van der Waals surface area contributed by atoms with Crippen LogP contribution in [0.15, 0.2) is 12.7 Å². The average molecular weight is 214 g/mol. The van der Waals surface area contributed by atoms with Gasteiger partial charge in [0.2, 0.25) is 0 Å². The van der Waals surface area contributed by atoms with Gasteiger partial charge in [-0.05, 0) is 12.8 Å². The molecule has 0 radical (unpaired) electrons. The summed E-state index contributed by atoms with van der Waals surface area (Å²) in [5.41, 5.74) is -1.64. The molecule has 0 aromatic heterocycles. The van der Waals surface area contributed by atoms with Crippen LogP contribution in [0.3, 0.4) is 0 Å². The zero-order valence-corrected chi connectivity index (χ0v) is 8.78. The zero-order chi connectivity index (χ0) is 12.1. The lowest BCUT2D eigenvalue weighted by Crippen LogP contribution is -2.40. The fourth-order valence-electron chi connectivity index (χ4n) is 1.16. The highest BCUT2D eigenvalue weighted by Gasteiger charge is 2.45. The van der Waals surface area contributed by atoms with Gasteiger partial charge in [0, 0.05) is 6.08 Å². The first-order chi connectivity index (χ1) is 6.94. The minimum absolute atomic E-state index is 0.0715. The molecule has 0 bridgehead atoms. The second-order valence-corrected chi connectivity index (χ2v) is 3.01. The summed E-state index contributed by atoms with van der Waals surface area (Å²) in [5, 5.41) is 8.94. The minimum atomic E-state index is -1.64. The van der Waals surface area contributed by atoms with Crippen molar-refractivity contribution in [3.05, 3.63) is 12.7 Å². The van der Waals surface area contributed by atoms with E-state index in [4.69, 9.17) is 5.11 Å². The summed E-state index contributed by atoms with van der Waals surface area (Å²) in [7, 11) is 0. The Morgan fingerprint density at radius 1 is 1.33 bits per heavy atom. The van der Waals surface area contributed by atoms with E-state index < -0.39 is 23.3 Å². The molecule has 5 heteroatoms. The number of esters is 2. The Morgan fingerprint density at radius 2 is 1.80 bits per heavy atom. The summed E-state index contributed by atoms with van der Waals surface area (Å²) in [4.78, 5) is 33.2. The predicted octanol–water partition coefficient (Wildman–Crippen LogP) is 1.13. The van der Waals surface area contributed by atoms with Gasteiger partial charge in [0.15, 0.2) is 5.41 Å². The van der Waals surface area contributed by atoms with Gasteiger partial charge in [0.05, 0.1) is 0 Å². The summed E-state index contributed by atoms with van der Waals surface area (Å²) in [5.74, 6) is -3.26. The molecule has 0 saturated carbocycles. The minimum Gasteiger partial charge on any atom is -0.480 e. The van der Waals surface area contributed by atoms with Gasteiger partial charge >= 0.3 is 17.9 Å². The van der Waals surface area contributed by atoms with Crippen LogP contribution in [0.25, 0.3) is 0 Å². The molecule has 84 valence electrons. The van der Waals surface area contributed by atoms with Gasteiger partial charge in [0.25, 0.3) is 0 Å². The van der Waals surface area contributed by atoms with Crippen LogP contribution in [0.2, 0.25) is 0 Å². The topological polar surface area (TPSA) is 80.7 Å². The third-order valence-electron chi connectivity index (χ3n) is 2.37. The monoisotopic (exact) mass is 214 g/mol. The van der Waals surface area contributed by atoms with Crippen LogP contribution in [-0.2, 0) is 19.1 Å². The van der Waals surface area contributed by atoms with Gasteiger partial charge in [-0.2, -0.15) is 0 Å². The smallest absolute Gasteiger partial charge is 0.337 e. The van der Waals surface area contributed by atoms with E-state index in [9.17, 15) is 14.4 Å². The number of hydrogen-bond donors (Lipinski definition) is 1. The highest BCUT2D eigenvalue weighted by molar-refractivity contribution is 6.04. The van der Waals surface area contributed by atoms with Crippen LogP contribution in [0.5, 0.6) is 0 Å². The third-order valence-corrected chi connectivity index (χ3v) is 2.37. The number of carboxylic acid groups (broad SMARTS) is 1. The Kier molecular flexibility index (Phi) is 4.70. The number of carbonyl (C=O) groups is 3. The van der Waals surface area contributed by atoms with E-state index in [0.717, 1.165) is 6.08 Å². The molecule has 0 saturated heterocycles. The molecular formula is C10H14O5. The summed E-state index contributed by atoms with van der Waals surface area (Å²) in [6, 6.07) is 0. The summed E-state index contributed by atoms with van der Waals surface area (Å²) in [6.45, 7) is 6.22. The summed E-state index contributed by atoms with van der Waals surface area (Å²) < 4.78 is 4.33. The summed E-state index contributed by atoms with van der Waals surface area (Å²) in [6.07, 6.45) is 0.958. The van der Waals surface area contributed by atoms with Crippen molar-refractivity contribution in [1.29, 1.82) is 0 Å². The van der Waals surface area contributed by atoms with Crippen molar-refractivity contribution in [3.63, 3.8) is 0 Å². The van der Waals surface area contributed by atoms with Gasteiger partial charge < -0.3 is 9.84 Å². The molecule has 0 fully saturated rings. The van der Waals surface area contributed by atoms with E-state index in [0.29, 0.717) is 0 Å². The van der Waals surface area contributed by atoms with E-state index in [1.165, 1.54) is 0 Å². The van der Waals surface area contributed by atoms with Crippen molar-refractivity contribution in [3.8, 4) is 0 Å². The van der Waals surface area contributed by atoms with Crippen molar-refractivity contribution in [2.45, 2.75) is 26.7 Å². The van der Waals surface area contributed by atoms with Crippen molar-refractivity contribution in [1.82, 2.24) is 0 Å². The molecular weight excluding hydrogens is 200 g/mol. The predicted molar refractivity (Wildman–Crippen MR) is 51.9 cm³/mol. The molecule has 0 aliphatic heterocycles. The van der Waals surface area contributed by atoms with E-state index >= 15 is 0 Å². The van der Waals surface area contributed by atoms with Crippen LogP contribution < -0.4 is 0 Å². The van der Waals surface area contributed by atoms with E-state index in [-0.39, 0.29) is 12.8 Å². The number of carboxylic acids is 1. The SMILES string of the molecule is C=CC(=O)OC(=O)C(CC)(CC)C(=O)O. The lowest BCUT2D eigenvalue weighted by Gasteiger charge is -2.22. The molecule has 0 aliphatic rings. The van der Waals surface area contributed by atoms with Crippen molar-refractivity contribution >= 4 is 17.9 Å². The molecule has 5 nitrogen and oxygen atoms in total. The van der Waals surface area contributed by atoms with Crippen LogP contribution in [0.1, 0.15) is 26.7 Å². The van der Waals surface area contributed by atoms with E-state index in [1.54, 1.807) is 13.8 Å². The Labute approximate surface area is 87.7 Å². The van der Waals surface area contributed by atoms with Crippen LogP contribution in [-0.4, -0.2) is 23.0 Å². The maximum Gasteiger partial charge on any atom is 0.337 e.